The van der Waals surface area contributed by atoms with Crippen LogP contribution < -0.4 is 10.5 Å². The van der Waals surface area contributed by atoms with Gasteiger partial charge in [-0.25, -0.2) is 0 Å². The van der Waals surface area contributed by atoms with E-state index in [1.807, 2.05) is 4.90 Å². The number of nitrogen functional groups attached to an aromatic ring is 1. The molecule has 18 heavy (non-hydrogen) atoms. The first-order chi connectivity index (χ1) is 8.47. The number of nitrogens with zero attached hydrogens (tertiary/aromatic N) is 1. The number of likely N-dealkylation sites (tertiary alicyclic amines) is 1. The summed E-state index contributed by atoms with van der Waals surface area (Å²) >= 11 is 0. The monoisotopic (exact) mass is 260 g/mol. The van der Waals surface area contributed by atoms with Crippen LogP contribution in [0.25, 0.3) is 0 Å². The van der Waals surface area contributed by atoms with Gasteiger partial charge in [0.25, 0.3) is 0 Å². The van der Waals surface area contributed by atoms with Crippen LogP contribution in [0.4, 0.5) is 18.9 Å². The minimum atomic E-state index is -4.42. The summed E-state index contributed by atoms with van der Waals surface area (Å²) in [6.45, 7) is 1.90. The fourth-order valence-electron chi connectivity index (χ4n) is 1.97. The second-order valence-corrected chi connectivity index (χ2v) is 4.35. The summed E-state index contributed by atoms with van der Waals surface area (Å²) in [5.74, 6) is -0.200. The lowest BCUT2D eigenvalue weighted by Crippen LogP contribution is -2.25. The zero-order valence-corrected chi connectivity index (χ0v) is 9.83. The molecular weight excluding hydrogens is 245 g/mol. The van der Waals surface area contributed by atoms with E-state index in [-0.39, 0.29) is 18.2 Å². The van der Waals surface area contributed by atoms with Gasteiger partial charge in [-0.2, -0.15) is 13.2 Å². The molecule has 6 heteroatoms. The van der Waals surface area contributed by atoms with Crippen LogP contribution in [0, 0.1) is 0 Å². The van der Waals surface area contributed by atoms with E-state index < -0.39 is 11.7 Å². The molecule has 0 amide bonds. The van der Waals surface area contributed by atoms with Crippen molar-refractivity contribution in [2.75, 3.05) is 25.6 Å². The Morgan fingerprint density at radius 3 is 2.50 bits per heavy atom. The average Bonchev–Trinajstić information content (AvgIpc) is 2.77. The highest BCUT2D eigenvalue weighted by Gasteiger charge is 2.34. The number of rotatable bonds is 3. The SMILES string of the molecule is Nc1ccc(C(F)(F)F)c(OCN2CCCC2)c1. The Balaban J connectivity index is 2.12. The van der Waals surface area contributed by atoms with Gasteiger partial charge in [0.05, 0.1) is 5.56 Å². The number of hydrogen-bond acceptors (Lipinski definition) is 3. The van der Waals surface area contributed by atoms with E-state index in [9.17, 15) is 13.2 Å². The smallest absolute Gasteiger partial charge is 0.419 e. The molecule has 0 saturated carbocycles. The van der Waals surface area contributed by atoms with E-state index in [0.717, 1.165) is 32.0 Å². The van der Waals surface area contributed by atoms with Crippen LogP contribution in [0.15, 0.2) is 18.2 Å². The lowest BCUT2D eigenvalue weighted by molar-refractivity contribution is -0.139. The lowest BCUT2D eigenvalue weighted by Gasteiger charge is -2.19. The van der Waals surface area contributed by atoms with Crippen LogP contribution in [-0.2, 0) is 6.18 Å². The number of halogens is 3. The first-order valence-electron chi connectivity index (χ1n) is 5.79. The van der Waals surface area contributed by atoms with Gasteiger partial charge in [-0.15, -0.1) is 0 Å². The van der Waals surface area contributed by atoms with Gasteiger partial charge in [0.1, 0.15) is 12.5 Å². The predicted octanol–water partition coefficient (Wildman–Crippen LogP) is 2.72. The molecule has 0 spiro atoms. The second kappa shape index (κ2) is 5.06. The molecule has 2 rings (SSSR count). The van der Waals surface area contributed by atoms with Crippen LogP contribution in [-0.4, -0.2) is 24.7 Å². The van der Waals surface area contributed by atoms with Crippen molar-refractivity contribution in [1.29, 1.82) is 0 Å². The third-order valence-corrected chi connectivity index (χ3v) is 2.91. The Morgan fingerprint density at radius 1 is 1.22 bits per heavy atom. The molecule has 1 aliphatic rings. The Hall–Kier alpha value is -1.43. The van der Waals surface area contributed by atoms with Crippen LogP contribution in [0.1, 0.15) is 18.4 Å². The normalized spacial score (nSPS) is 17.1. The zero-order chi connectivity index (χ0) is 13.2. The van der Waals surface area contributed by atoms with E-state index >= 15 is 0 Å². The van der Waals surface area contributed by atoms with Gasteiger partial charge in [0.2, 0.25) is 0 Å². The Bertz CT molecular complexity index is 414. The van der Waals surface area contributed by atoms with Crippen LogP contribution >= 0.6 is 0 Å². The highest BCUT2D eigenvalue weighted by atomic mass is 19.4. The topological polar surface area (TPSA) is 38.5 Å². The van der Waals surface area contributed by atoms with E-state index in [2.05, 4.69) is 0 Å². The molecule has 0 radical (unpaired) electrons. The van der Waals surface area contributed by atoms with E-state index in [1.165, 1.54) is 12.1 Å². The first kappa shape index (κ1) is 13.0. The molecule has 0 unspecified atom stereocenters. The Labute approximate surface area is 103 Å². The maximum absolute atomic E-state index is 12.7. The van der Waals surface area contributed by atoms with Crippen molar-refractivity contribution in [2.24, 2.45) is 0 Å². The Kier molecular flexibility index (Phi) is 3.65. The molecule has 0 atom stereocenters. The average molecular weight is 260 g/mol. The van der Waals surface area contributed by atoms with Crippen LogP contribution in [0.2, 0.25) is 0 Å². The third-order valence-electron chi connectivity index (χ3n) is 2.91. The van der Waals surface area contributed by atoms with Gasteiger partial charge in [0.15, 0.2) is 0 Å². The van der Waals surface area contributed by atoms with Gasteiger partial charge in [0, 0.05) is 24.8 Å². The highest BCUT2D eigenvalue weighted by molar-refractivity contribution is 5.49. The minimum Gasteiger partial charge on any atom is -0.477 e. The summed E-state index contributed by atoms with van der Waals surface area (Å²) in [5, 5.41) is 0. The highest BCUT2D eigenvalue weighted by Crippen LogP contribution is 2.37. The molecule has 1 aliphatic heterocycles. The van der Waals surface area contributed by atoms with Gasteiger partial charge < -0.3 is 10.5 Å². The van der Waals surface area contributed by atoms with Crippen molar-refractivity contribution in [1.82, 2.24) is 4.90 Å². The standard InChI is InChI=1S/C12H15F3N2O/c13-12(14,15)10-4-3-9(16)7-11(10)18-8-17-5-1-2-6-17/h3-4,7H,1-2,5-6,8,16H2. The van der Waals surface area contributed by atoms with Crippen LogP contribution in [0.5, 0.6) is 5.75 Å². The van der Waals surface area contributed by atoms with Crippen molar-refractivity contribution in [3.8, 4) is 5.75 Å². The molecule has 1 aromatic rings. The van der Waals surface area contributed by atoms with Gasteiger partial charge in [-0.1, -0.05) is 0 Å². The summed E-state index contributed by atoms with van der Waals surface area (Å²) in [6.07, 6.45) is -2.30. The number of ether oxygens (including phenoxy) is 1. The van der Waals surface area contributed by atoms with Gasteiger partial charge in [-0.3, -0.25) is 4.90 Å². The fourth-order valence-corrected chi connectivity index (χ4v) is 1.97. The summed E-state index contributed by atoms with van der Waals surface area (Å²) in [5.41, 5.74) is 4.98. The number of benzene rings is 1. The molecule has 1 heterocycles. The third kappa shape index (κ3) is 3.07. The molecule has 0 aliphatic carbocycles. The number of alkyl halides is 3. The molecule has 100 valence electrons. The van der Waals surface area contributed by atoms with E-state index in [0.29, 0.717) is 0 Å². The van der Waals surface area contributed by atoms with Gasteiger partial charge in [-0.05, 0) is 25.0 Å². The van der Waals surface area contributed by atoms with Crippen LogP contribution in [0.3, 0.4) is 0 Å². The molecule has 1 saturated heterocycles. The van der Waals surface area contributed by atoms with Crippen molar-refractivity contribution in [3.05, 3.63) is 23.8 Å². The fraction of sp³-hybridized carbons (Fsp3) is 0.500. The van der Waals surface area contributed by atoms with Gasteiger partial charge >= 0.3 is 6.18 Å². The van der Waals surface area contributed by atoms with E-state index in [4.69, 9.17) is 10.5 Å². The predicted molar refractivity (Wildman–Crippen MR) is 62.2 cm³/mol. The largest absolute Gasteiger partial charge is 0.477 e. The molecule has 1 aromatic carbocycles. The number of anilines is 1. The Morgan fingerprint density at radius 2 is 1.89 bits per heavy atom. The zero-order valence-electron chi connectivity index (χ0n) is 9.83. The molecule has 2 N–H and O–H groups in total. The molecule has 0 aromatic heterocycles. The molecule has 0 bridgehead atoms. The second-order valence-electron chi connectivity index (χ2n) is 4.35. The molecular formula is C12H15F3N2O. The van der Waals surface area contributed by atoms with Crippen molar-refractivity contribution in [2.45, 2.75) is 19.0 Å². The summed E-state index contributed by atoms with van der Waals surface area (Å²) in [6, 6.07) is 3.40. The minimum absolute atomic E-state index is 0.173. The van der Waals surface area contributed by atoms with E-state index in [1.54, 1.807) is 0 Å². The molecule has 3 nitrogen and oxygen atoms in total. The summed E-state index contributed by atoms with van der Waals surface area (Å²) < 4.78 is 43.5. The number of nitrogens with two attached hydrogens (primary N) is 1. The number of hydrogen-bond donors (Lipinski definition) is 1. The van der Waals surface area contributed by atoms with Crippen molar-refractivity contribution in [3.63, 3.8) is 0 Å². The molecule has 1 fully saturated rings. The lowest BCUT2D eigenvalue weighted by atomic mass is 10.2. The van der Waals surface area contributed by atoms with Crippen molar-refractivity contribution >= 4 is 5.69 Å². The quantitative estimate of drug-likeness (QED) is 0.849. The summed E-state index contributed by atoms with van der Waals surface area (Å²) in [4.78, 5) is 1.98. The summed E-state index contributed by atoms with van der Waals surface area (Å²) in [7, 11) is 0. The van der Waals surface area contributed by atoms with Crippen molar-refractivity contribution < 1.29 is 17.9 Å². The maximum Gasteiger partial charge on any atom is 0.419 e. The first-order valence-corrected chi connectivity index (χ1v) is 5.79. The maximum atomic E-state index is 12.7.